The second-order valence-corrected chi connectivity index (χ2v) is 10.6. The minimum absolute atomic E-state index is 0.0102. The molecule has 0 unspecified atom stereocenters. The van der Waals surface area contributed by atoms with E-state index >= 15 is 0 Å². The molecule has 0 saturated carbocycles. The number of hydrogen-bond acceptors (Lipinski definition) is 14. The van der Waals surface area contributed by atoms with E-state index in [0.29, 0.717) is 5.56 Å². The van der Waals surface area contributed by atoms with Crippen molar-refractivity contribution < 1.29 is 67.0 Å². The van der Waals surface area contributed by atoms with E-state index in [1.165, 1.54) is 25.1 Å². The smallest absolute Gasteiger partial charge is 0.408 e. The number of alkyl carbamates (subject to hydrolysis) is 1. The van der Waals surface area contributed by atoms with Crippen LogP contribution in [0.1, 0.15) is 54.0 Å². The number of ether oxygens (including phenoxy) is 7. The third-order valence-electron chi connectivity index (χ3n) is 5.69. The monoisotopic (exact) mass is 626 g/mol. The highest BCUT2D eigenvalue weighted by molar-refractivity contribution is 5.97. The highest BCUT2D eigenvalue weighted by Gasteiger charge is 2.56. The number of anilines is 1. The molecule has 0 bridgehead atoms. The fraction of sp³-hybridized carbons (Fsp3) is 0.571. The number of aliphatic hydroxyl groups excluding tert-OH is 1. The van der Waals surface area contributed by atoms with Crippen LogP contribution in [0, 0.1) is 0 Å². The Kier molecular flexibility index (Phi) is 12.5. The van der Waals surface area contributed by atoms with Crippen molar-refractivity contribution in [2.45, 2.75) is 97.4 Å². The van der Waals surface area contributed by atoms with E-state index < -0.39 is 84.8 Å². The highest BCUT2D eigenvalue weighted by Crippen LogP contribution is 2.34. The fourth-order valence-electron chi connectivity index (χ4n) is 3.96. The Bertz CT molecular complexity index is 1240. The van der Waals surface area contributed by atoms with Gasteiger partial charge in [0.1, 0.15) is 17.4 Å². The van der Waals surface area contributed by atoms with E-state index in [1.807, 2.05) is 0 Å². The van der Waals surface area contributed by atoms with Crippen LogP contribution in [-0.4, -0.2) is 90.4 Å². The van der Waals surface area contributed by atoms with Crippen molar-refractivity contribution in [3.63, 3.8) is 0 Å². The Hall–Kier alpha value is -4.44. The van der Waals surface area contributed by atoms with Crippen LogP contribution in [0.2, 0.25) is 0 Å². The summed E-state index contributed by atoms with van der Waals surface area (Å²) in [4.78, 5) is 73.9. The molecule has 1 fully saturated rings. The van der Waals surface area contributed by atoms with Crippen LogP contribution in [0.15, 0.2) is 18.2 Å². The van der Waals surface area contributed by atoms with Crippen LogP contribution in [0.4, 0.5) is 10.5 Å². The van der Waals surface area contributed by atoms with Crippen LogP contribution >= 0.6 is 0 Å². The Morgan fingerprint density at radius 3 is 2.02 bits per heavy atom. The molecule has 0 spiro atoms. The molecule has 1 aromatic carbocycles. The second kappa shape index (κ2) is 15.3. The summed E-state index contributed by atoms with van der Waals surface area (Å²) in [6.45, 7) is 9.06. The second-order valence-electron chi connectivity index (χ2n) is 10.6. The van der Waals surface area contributed by atoms with E-state index in [1.54, 1.807) is 20.8 Å². The summed E-state index contributed by atoms with van der Waals surface area (Å²) in [5.41, 5.74) is -0.479. The summed E-state index contributed by atoms with van der Waals surface area (Å²) >= 11 is 0. The summed E-state index contributed by atoms with van der Waals surface area (Å²) in [6.07, 6.45) is -9.12. The van der Waals surface area contributed by atoms with Crippen LogP contribution < -0.4 is 15.4 Å². The van der Waals surface area contributed by atoms with Gasteiger partial charge in [-0.2, -0.15) is 0 Å². The predicted molar refractivity (Wildman–Crippen MR) is 148 cm³/mol. The molecular weight excluding hydrogens is 588 g/mol. The average molecular weight is 627 g/mol. The summed E-state index contributed by atoms with van der Waals surface area (Å²) < 4.78 is 37.6. The molecule has 0 aromatic heterocycles. The molecule has 1 aliphatic rings. The van der Waals surface area contributed by atoms with E-state index in [2.05, 4.69) is 10.6 Å². The molecule has 3 N–H and O–H groups in total. The maximum absolute atomic E-state index is 13.0. The molecule has 0 radical (unpaired) electrons. The van der Waals surface area contributed by atoms with Crippen LogP contribution in [0.5, 0.6) is 5.75 Å². The maximum atomic E-state index is 13.0. The molecule has 244 valence electrons. The zero-order valence-electron chi connectivity index (χ0n) is 25.7. The number of aliphatic hydroxyl groups is 1. The lowest BCUT2D eigenvalue weighted by Gasteiger charge is -2.43. The maximum Gasteiger partial charge on any atom is 0.408 e. The lowest BCUT2D eigenvalue weighted by Crippen LogP contribution is -2.64. The van der Waals surface area contributed by atoms with Crippen molar-refractivity contribution in [2.75, 3.05) is 12.4 Å². The Balaban J connectivity index is 2.50. The molecular formula is C28H38N2O14. The van der Waals surface area contributed by atoms with Gasteiger partial charge in [0.25, 0.3) is 0 Å². The molecule has 2 amide bonds. The molecule has 0 aliphatic carbocycles. The summed E-state index contributed by atoms with van der Waals surface area (Å²) in [6, 6.07) is 3.08. The molecule has 1 aliphatic heterocycles. The summed E-state index contributed by atoms with van der Waals surface area (Å²) in [7, 11) is 1.04. The van der Waals surface area contributed by atoms with E-state index in [9.17, 15) is 33.9 Å². The third-order valence-corrected chi connectivity index (χ3v) is 5.69. The average Bonchev–Trinajstić information content (AvgIpc) is 2.90. The van der Waals surface area contributed by atoms with Gasteiger partial charge < -0.3 is 48.9 Å². The molecule has 16 nitrogen and oxygen atoms in total. The quantitative estimate of drug-likeness (QED) is 0.245. The van der Waals surface area contributed by atoms with E-state index in [4.69, 9.17) is 33.2 Å². The van der Waals surface area contributed by atoms with Crippen molar-refractivity contribution in [1.82, 2.24) is 5.32 Å². The zero-order valence-corrected chi connectivity index (χ0v) is 25.7. The first-order valence-corrected chi connectivity index (χ1v) is 13.4. The lowest BCUT2D eigenvalue weighted by atomic mass is 9.97. The first kappa shape index (κ1) is 35.8. The SMILES string of the molecule is COC(=O)[C@H]1O[C@@H](Oc2cc(CO)ccc2NC(=O)[C@H](C)NC(=O)OC(C)(C)C)[C@H](OC(C)=O)[C@@H](OC(C)=O)[C@@H]1OC(C)=O. The first-order chi connectivity index (χ1) is 20.4. The minimum atomic E-state index is -1.72. The topological polar surface area (TPSA) is 211 Å². The Morgan fingerprint density at radius 1 is 0.932 bits per heavy atom. The number of esters is 4. The van der Waals surface area contributed by atoms with Gasteiger partial charge in [-0.15, -0.1) is 0 Å². The number of rotatable bonds is 10. The van der Waals surface area contributed by atoms with E-state index in [0.717, 1.165) is 27.9 Å². The molecule has 1 heterocycles. The van der Waals surface area contributed by atoms with Crippen molar-refractivity contribution in [3.05, 3.63) is 23.8 Å². The molecule has 6 atom stereocenters. The number of hydrogen-bond donors (Lipinski definition) is 3. The fourth-order valence-corrected chi connectivity index (χ4v) is 3.96. The van der Waals surface area contributed by atoms with Gasteiger partial charge in [0.15, 0.2) is 18.3 Å². The standard InChI is InChI=1S/C28H38N2O14/c1-13(29-27(37)44-28(5,6)7)24(35)30-18-10-9-17(12-31)11-19(18)42-26-23(41-16(4)34)21(40-15(3)33)20(39-14(2)32)22(43-26)25(36)38-8/h9-11,13,20-23,26,31H,12H2,1-8H3,(H,29,37)(H,30,35)/t13-,20-,21-,22-,23+,26+/m0/s1. The number of methoxy groups -OCH3 is 1. The van der Waals surface area contributed by atoms with E-state index in [-0.39, 0.29) is 11.4 Å². The van der Waals surface area contributed by atoms with Gasteiger partial charge >= 0.3 is 30.0 Å². The molecule has 2 rings (SSSR count). The van der Waals surface area contributed by atoms with Gasteiger partial charge in [0.2, 0.25) is 18.3 Å². The van der Waals surface area contributed by atoms with Gasteiger partial charge in [-0.25, -0.2) is 9.59 Å². The summed E-state index contributed by atoms with van der Waals surface area (Å²) in [5, 5.41) is 14.7. The third kappa shape index (κ3) is 10.4. The van der Waals surface area contributed by atoms with Crippen molar-refractivity contribution in [3.8, 4) is 5.75 Å². The number of benzene rings is 1. The molecule has 1 aromatic rings. The van der Waals surface area contributed by atoms with Gasteiger partial charge in [0, 0.05) is 20.8 Å². The lowest BCUT2D eigenvalue weighted by molar-refractivity contribution is -0.282. The minimum Gasteiger partial charge on any atom is -0.467 e. The Labute approximate surface area is 253 Å². The van der Waals surface area contributed by atoms with Gasteiger partial charge in [-0.05, 0) is 45.4 Å². The molecule has 1 saturated heterocycles. The van der Waals surface area contributed by atoms with Crippen molar-refractivity contribution in [2.24, 2.45) is 0 Å². The number of amides is 2. The Morgan fingerprint density at radius 2 is 1.50 bits per heavy atom. The van der Waals surface area contributed by atoms with Crippen LogP contribution in [0.25, 0.3) is 0 Å². The predicted octanol–water partition coefficient (Wildman–Crippen LogP) is 1.10. The normalized spacial score (nSPS) is 22.0. The highest BCUT2D eigenvalue weighted by atomic mass is 16.7. The molecule has 44 heavy (non-hydrogen) atoms. The van der Waals surface area contributed by atoms with Crippen molar-refractivity contribution >= 4 is 41.6 Å². The van der Waals surface area contributed by atoms with Gasteiger partial charge in [-0.3, -0.25) is 19.2 Å². The van der Waals surface area contributed by atoms with Crippen molar-refractivity contribution in [1.29, 1.82) is 0 Å². The number of carbonyl (C=O) groups is 6. The summed E-state index contributed by atoms with van der Waals surface area (Å²) in [5.74, 6) is -4.51. The first-order valence-electron chi connectivity index (χ1n) is 13.4. The van der Waals surface area contributed by atoms with Gasteiger partial charge in [0.05, 0.1) is 19.4 Å². The van der Waals surface area contributed by atoms with Crippen LogP contribution in [-0.2, 0) is 59.0 Å². The largest absolute Gasteiger partial charge is 0.467 e. The molecule has 16 heteroatoms. The number of nitrogens with one attached hydrogen (secondary N) is 2. The number of carbonyl (C=O) groups excluding carboxylic acids is 6. The van der Waals surface area contributed by atoms with Gasteiger partial charge in [-0.1, -0.05) is 6.07 Å². The van der Waals surface area contributed by atoms with Crippen LogP contribution in [0.3, 0.4) is 0 Å². The zero-order chi connectivity index (χ0) is 33.4.